The fraction of sp³-hybridized carbons (Fsp3) is 0.571. The van der Waals surface area contributed by atoms with E-state index in [1.165, 1.54) is 37.8 Å². The van der Waals surface area contributed by atoms with Crippen LogP contribution in [0.15, 0.2) is 23.8 Å². The van der Waals surface area contributed by atoms with Gasteiger partial charge in [-0.15, -0.1) is 0 Å². The third-order valence-electron chi connectivity index (χ3n) is 3.33. The Kier molecular flexibility index (Phi) is 4.01. The largest absolute Gasteiger partial charge is 0.296 e. The summed E-state index contributed by atoms with van der Waals surface area (Å²) in [6.45, 7) is 4.65. The Morgan fingerprint density at radius 2 is 2.33 bits per heavy atom. The van der Waals surface area contributed by atoms with Crippen molar-refractivity contribution in [2.75, 3.05) is 13.1 Å². The van der Waals surface area contributed by atoms with Crippen LogP contribution in [-0.4, -0.2) is 24.0 Å². The van der Waals surface area contributed by atoms with Crippen LogP contribution in [0.4, 0.5) is 0 Å². The fourth-order valence-electron chi connectivity index (χ4n) is 2.44. The van der Waals surface area contributed by atoms with Crippen LogP contribution >= 0.6 is 0 Å². The molecule has 0 spiro atoms. The van der Waals surface area contributed by atoms with Crippen molar-refractivity contribution in [1.29, 1.82) is 0 Å². The quantitative estimate of drug-likeness (QED) is 0.678. The van der Waals surface area contributed by atoms with Crippen molar-refractivity contribution in [3.05, 3.63) is 36.6 Å². The molecular formula is C14H19N. The van der Waals surface area contributed by atoms with Crippen molar-refractivity contribution in [3.8, 4) is 0 Å². The topological polar surface area (TPSA) is 3.24 Å². The molecule has 4 radical (unpaired) electrons. The van der Waals surface area contributed by atoms with Crippen molar-refractivity contribution in [2.24, 2.45) is 0 Å². The molecule has 1 heterocycles. The molecule has 0 aromatic carbocycles. The van der Waals surface area contributed by atoms with E-state index in [4.69, 9.17) is 0 Å². The SMILES string of the molecule is CCC1CCCCN1CC1=C[C][C]C=C1. The van der Waals surface area contributed by atoms with Gasteiger partial charge >= 0.3 is 0 Å². The molecule has 1 fully saturated rings. The van der Waals surface area contributed by atoms with Gasteiger partial charge in [-0.05, 0) is 31.4 Å². The molecule has 80 valence electrons. The molecule has 15 heavy (non-hydrogen) atoms. The molecule has 2 aliphatic rings. The molecule has 0 bridgehead atoms. The van der Waals surface area contributed by atoms with Crippen molar-refractivity contribution in [2.45, 2.75) is 38.6 Å². The van der Waals surface area contributed by atoms with Crippen molar-refractivity contribution in [1.82, 2.24) is 4.90 Å². The minimum atomic E-state index is 0.794. The summed E-state index contributed by atoms with van der Waals surface area (Å²) in [6, 6.07) is 0.794. The Morgan fingerprint density at radius 3 is 3.07 bits per heavy atom. The maximum absolute atomic E-state index is 3.03. The van der Waals surface area contributed by atoms with E-state index in [1.807, 2.05) is 6.08 Å². The van der Waals surface area contributed by atoms with Crippen LogP contribution in [0.1, 0.15) is 32.6 Å². The Balaban J connectivity index is 1.91. The molecule has 0 aromatic heterocycles. The molecule has 0 amide bonds. The van der Waals surface area contributed by atoms with Gasteiger partial charge in [-0.3, -0.25) is 4.90 Å². The van der Waals surface area contributed by atoms with E-state index in [-0.39, 0.29) is 0 Å². The van der Waals surface area contributed by atoms with E-state index in [0.717, 1.165) is 12.6 Å². The Bertz CT molecular complexity index is 252. The minimum Gasteiger partial charge on any atom is -0.296 e. The summed E-state index contributed by atoms with van der Waals surface area (Å²) in [5, 5.41) is 0. The van der Waals surface area contributed by atoms with E-state index in [2.05, 4.69) is 36.8 Å². The van der Waals surface area contributed by atoms with E-state index in [1.54, 1.807) is 0 Å². The lowest BCUT2D eigenvalue weighted by Gasteiger charge is -2.35. The van der Waals surface area contributed by atoms with E-state index in [9.17, 15) is 0 Å². The van der Waals surface area contributed by atoms with E-state index < -0.39 is 0 Å². The predicted octanol–water partition coefficient (Wildman–Crippen LogP) is 2.91. The highest BCUT2D eigenvalue weighted by atomic mass is 15.2. The summed E-state index contributed by atoms with van der Waals surface area (Å²) in [4.78, 5) is 2.62. The zero-order chi connectivity index (χ0) is 10.5. The molecule has 1 heteroatoms. The Labute approximate surface area is 93.9 Å². The number of piperidine rings is 1. The predicted molar refractivity (Wildman–Crippen MR) is 63.2 cm³/mol. The van der Waals surface area contributed by atoms with Crippen molar-refractivity contribution >= 4 is 0 Å². The monoisotopic (exact) mass is 201 g/mol. The van der Waals surface area contributed by atoms with Gasteiger partial charge in [0.05, 0.1) is 0 Å². The Hall–Kier alpha value is -0.560. The molecule has 1 aliphatic heterocycles. The molecule has 1 atom stereocenters. The minimum absolute atomic E-state index is 0.794. The van der Waals surface area contributed by atoms with Gasteiger partial charge in [0.1, 0.15) is 0 Å². The maximum atomic E-state index is 3.03. The molecule has 1 saturated heterocycles. The Morgan fingerprint density at radius 1 is 1.40 bits per heavy atom. The van der Waals surface area contributed by atoms with Gasteiger partial charge in [0.25, 0.3) is 0 Å². The summed E-state index contributed by atoms with van der Waals surface area (Å²) in [6.07, 6.45) is 17.6. The van der Waals surface area contributed by atoms with Crippen LogP contribution in [0, 0.1) is 12.8 Å². The van der Waals surface area contributed by atoms with Gasteiger partial charge in [-0.25, -0.2) is 0 Å². The van der Waals surface area contributed by atoms with Crippen LogP contribution in [0.3, 0.4) is 0 Å². The maximum Gasteiger partial charge on any atom is 0.0233 e. The summed E-state index contributed by atoms with van der Waals surface area (Å²) >= 11 is 0. The highest BCUT2D eigenvalue weighted by Gasteiger charge is 2.20. The molecule has 1 unspecified atom stereocenters. The smallest absolute Gasteiger partial charge is 0.0233 e. The average molecular weight is 201 g/mol. The summed E-state index contributed by atoms with van der Waals surface area (Å²) < 4.78 is 0. The van der Waals surface area contributed by atoms with Gasteiger partial charge in [0.15, 0.2) is 0 Å². The first kappa shape index (κ1) is 10.9. The molecule has 0 N–H and O–H groups in total. The lowest BCUT2D eigenvalue weighted by Crippen LogP contribution is -2.40. The standard InChI is InChI=1S/C14H19N/c1-2-14-10-6-7-11-15(14)12-13-8-4-3-5-9-13/h4,8-9,14H,2,6-7,10-12H2,1H3. The lowest BCUT2D eigenvalue weighted by atomic mass is 9.98. The number of likely N-dealkylation sites (tertiary alicyclic amines) is 1. The third-order valence-corrected chi connectivity index (χ3v) is 3.33. The second-order valence-electron chi connectivity index (χ2n) is 4.37. The van der Waals surface area contributed by atoms with Gasteiger partial charge in [-0.2, -0.15) is 0 Å². The van der Waals surface area contributed by atoms with Crippen molar-refractivity contribution in [3.63, 3.8) is 0 Å². The lowest BCUT2D eigenvalue weighted by molar-refractivity contribution is 0.158. The number of nitrogens with zero attached hydrogens (tertiary/aromatic N) is 1. The molecule has 1 aliphatic carbocycles. The van der Waals surface area contributed by atoms with Gasteiger partial charge in [0, 0.05) is 25.4 Å². The van der Waals surface area contributed by atoms with Crippen molar-refractivity contribution < 1.29 is 0 Å². The highest BCUT2D eigenvalue weighted by Crippen LogP contribution is 2.21. The summed E-state index contributed by atoms with van der Waals surface area (Å²) in [5.41, 5.74) is 1.37. The van der Waals surface area contributed by atoms with Crippen LogP contribution in [0.2, 0.25) is 0 Å². The highest BCUT2D eigenvalue weighted by molar-refractivity contribution is 5.33. The average Bonchev–Trinajstić information content (AvgIpc) is 2.31. The normalized spacial score (nSPS) is 27.8. The third kappa shape index (κ3) is 2.94. The number of rotatable bonds is 3. The molecule has 0 aromatic rings. The second-order valence-corrected chi connectivity index (χ2v) is 4.37. The first-order chi connectivity index (χ1) is 7.40. The van der Waals surface area contributed by atoms with Crippen LogP contribution in [0.5, 0.6) is 0 Å². The number of allylic oxidation sites excluding steroid dienone is 2. The molecular weight excluding hydrogens is 182 g/mol. The van der Waals surface area contributed by atoms with Gasteiger partial charge < -0.3 is 0 Å². The summed E-state index contributed by atoms with van der Waals surface area (Å²) in [7, 11) is 0. The second kappa shape index (κ2) is 5.50. The van der Waals surface area contributed by atoms with E-state index >= 15 is 0 Å². The van der Waals surface area contributed by atoms with Crippen LogP contribution in [0.25, 0.3) is 0 Å². The first-order valence-electron chi connectivity index (χ1n) is 6.01. The molecule has 0 saturated carbocycles. The van der Waals surface area contributed by atoms with Gasteiger partial charge in [-0.1, -0.05) is 31.6 Å². The van der Waals surface area contributed by atoms with E-state index in [0.29, 0.717) is 0 Å². The zero-order valence-electron chi connectivity index (χ0n) is 9.50. The number of hydrogen-bond acceptors (Lipinski definition) is 1. The fourth-order valence-corrected chi connectivity index (χ4v) is 2.44. The van der Waals surface area contributed by atoms with Crippen LogP contribution in [-0.2, 0) is 0 Å². The number of hydrogen-bond donors (Lipinski definition) is 0. The summed E-state index contributed by atoms with van der Waals surface area (Å²) in [5.74, 6) is 0. The van der Waals surface area contributed by atoms with Gasteiger partial charge in [0.2, 0.25) is 0 Å². The van der Waals surface area contributed by atoms with Crippen LogP contribution < -0.4 is 0 Å². The zero-order valence-corrected chi connectivity index (χ0v) is 9.50. The molecule has 2 rings (SSSR count). The molecule has 1 nitrogen and oxygen atoms in total. The first-order valence-corrected chi connectivity index (χ1v) is 6.01.